The molecule has 26 heavy (non-hydrogen) atoms. The van der Waals surface area contributed by atoms with Gasteiger partial charge in [0, 0.05) is 2.74 Å². The standard InChI is InChI=1S/C22H30O4/c1-16-9-11-20(13-17(16)2)26-15-19(23)8-6-5-7-18-10-12-21(24-3)22(14-18)25-4/h9-14,19,23H,5-8,15H2,1-4H3/i8D2,9D,10D,11D,12D,13D,14D. The molecule has 0 radical (unpaired) electrons. The van der Waals surface area contributed by atoms with Crippen LogP contribution in [0.25, 0.3) is 0 Å². The number of aliphatic hydroxyl groups is 1. The van der Waals surface area contributed by atoms with Gasteiger partial charge in [-0.2, -0.15) is 0 Å². The predicted molar refractivity (Wildman–Crippen MR) is 105 cm³/mol. The van der Waals surface area contributed by atoms with E-state index in [1.54, 1.807) is 13.8 Å². The van der Waals surface area contributed by atoms with Crippen LogP contribution in [0.1, 0.15) is 46.9 Å². The molecule has 2 aromatic rings. The van der Waals surface area contributed by atoms with Crippen LogP contribution < -0.4 is 14.2 Å². The van der Waals surface area contributed by atoms with Crippen LogP contribution in [0, 0.1) is 13.8 Å². The second kappa shape index (κ2) is 10.1. The summed E-state index contributed by atoms with van der Waals surface area (Å²) in [5, 5.41) is 10.4. The quantitative estimate of drug-likeness (QED) is 0.674. The summed E-state index contributed by atoms with van der Waals surface area (Å²) < 4.78 is 80.7. The fraction of sp³-hybridized carbons (Fsp3) is 0.455. The lowest BCUT2D eigenvalue weighted by Gasteiger charge is -2.13. The van der Waals surface area contributed by atoms with Gasteiger partial charge in [-0.15, -0.1) is 0 Å². The zero-order valence-corrected chi connectivity index (χ0v) is 15.6. The highest BCUT2D eigenvalue weighted by Gasteiger charge is 2.07. The molecule has 0 fully saturated rings. The first-order valence-corrected chi connectivity index (χ1v) is 8.38. The van der Waals surface area contributed by atoms with Gasteiger partial charge in [0.15, 0.2) is 11.5 Å². The summed E-state index contributed by atoms with van der Waals surface area (Å²) in [4.78, 5) is 0. The van der Waals surface area contributed by atoms with Crippen LogP contribution in [0.3, 0.4) is 0 Å². The Bertz CT molecular complexity index is 1030. The van der Waals surface area contributed by atoms with Crippen molar-refractivity contribution < 1.29 is 30.3 Å². The first-order valence-electron chi connectivity index (χ1n) is 12.4. The molecule has 0 aliphatic heterocycles. The number of benzene rings is 2. The van der Waals surface area contributed by atoms with Gasteiger partial charge in [0.2, 0.25) is 0 Å². The molecule has 0 saturated carbocycles. The molecule has 4 nitrogen and oxygen atoms in total. The molecule has 2 aromatic carbocycles. The minimum Gasteiger partial charge on any atom is -0.493 e. The van der Waals surface area contributed by atoms with Crippen LogP contribution in [0.15, 0.2) is 36.3 Å². The van der Waals surface area contributed by atoms with Crippen molar-refractivity contribution in [2.45, 2.75) is 45.6 Å². The van der Waals surface area contributed by atoms with Crippen molar-refractivity contribution >= 4 is 0 Å². The van der Waals surface area contributed by atoms with E-state index in [0.29, 0.717) is 11.1 Å². The maximum atomic E-state index is 10.4. The minimum atomic E-state index is -2.10. The van der Waals surface area contributed by atoms with Gasteiger partial charge in [0.05, 0.1) is 28.5 Å². The molecule has 2 rings (SSSR count). The molecule has 0 bridgehead atoms. The van der Waals surface area contributed by atoms with E-state index in [4.69, 9.17) is 25.2 Å². The van der Waals surface area contributed by atoms with Crippen LogP contribution in [-0.4, -0.2) is 32.0 Å². The summed E-state index contributed by atoms with van der Waals surface area (Å²) in [5.74, 6) is -0.141. The number of methoxy groups -OCH3 is 2. The average molecular weight is 367 g/mol. The van der Waals surface area contributed by atoms with Crippen LogP contribution in [0.4, 0.5) is 0 Å². The Kier molecular flexibility index (Phi) is 4.45. The van der Waals surface area contributed by atoms with Crippen LogP contribution in [0.5, 0.6) is 17.2 Å². The molecular weight excluding hydrogens is 328 g/mol. The Morgan fingerprint density at radius 3 is 2.50 bits per heavy atom. The van der Waals surface area contributed by atoms with Crippen LogP contribution in [0.2, 0.25) is 0 Å². The van der Waals surface area contributed by atoms with E-state index in [-0.39, 0.29) is 78.3 Å². The summed E-state index contributed by atoms with van der Waals surface area (Å²) in [6.07, 6.45) is -3.52. The van der Waals surface area contributed by atoms with E-state index in [1.807, 2.05) is 0 Å². The fourth-order valence-corrected chi connectivity index (χ4v) is 2.19. The van der Waals surface area contributed by atoms with E-state index in [0.717, 1.165) is 0 Å². The molecule has 0 spiro atoms. The van der Waals surface area contributed by atoms with Gasteiger partial charge in [-0.05, 0) is 73.9 Å². The summed E-state index contributed by atoms with van der Waals surface area (Å²) >= 11 is 0. The van der Waals surface area contributed by atoms with Gasteiger partial charge < -0.3 is 19.3 Å². The van der Waals surface area contributed by atoms with Crippen molar-refractivity contribution in [1.82, 2.24) is 0 Å². The molecule has 4 heteroatoms. The lowest BCUT2D eigenvalue weighted by Crippen LogP contribution is -2.17. The Morgan fingerprint density at radius 1 is 1.00 bits per heavy atom. The normalized spacial score (nSPS) is 16.8. The lowest BCUT2D eigenvalue weighted by molar-refractivity contribution is 0.0976. The zero-order chi connectivity index (χ0) is 26.0. The third kappa shape index (κ3) is 5.95. The van der Waals surface area contributed by atoms with Gasteiger partial charge in [0.25, 0.3) is 0 Å². The minimum absolute atomic E-state index is 0.00569. The van der Waals surface area contributed by atoms with Gasteiger partial charge >= 0.3 is 0 Å². The first-order chi connectivity index (χ1) is 15.8. The third-order valence-corrected chi connectivity index (χ3v) is 3.80. The molecular formula is C22H30O4. The monoisotopic (exact) mass is 366 g/mol. The fourth-order valence-electron chi connectivity index (χ4n) is 2.19. The van der Waals surface area contributed by atoms with E-state index >= 15 is 0 Å². The Balaban J connectivity index is 2.10. The smallest absolute Gasteiger partial charge is 0.160 e. The SMILES string of the molecule is [2H]c1c([2H])c(OCC(O)C([2H])([2H])CCCc2c([2H])c([2H])c(OC)c(OC)c2[2H])c([2H])c(C)c1C. The van der Waals surface area contributed by atoms with Crippen molar-refractivity contribution in [3.05, 3.63) is 52.9 Å². The van der Waals surface area contributed by atoms with E-state index in [1.165, 1.54) is 14.2 Å². The number of ether oxygens (including phenoxy) is 3. The Morgan fingerprint density at radius 2 is 1.77 bits per heavy atom. The maximum Gasteiger partial charge on any atom is 0.160 e. The zero-order valence-electron chi connectivity index (χ0n) is 23.6. The highest BCUT2D eigenvalue weighted by molar-refractivity contribution is 5.42. The lowest BCUT2D eigenvalue weighted by atomic mass is 10.0. The Hall–Kier alpha value is -2.20. The van der Waals surface area contributed by atoms with Gasteiger partial charge in [-0.3, -0.25) is 0 Å². The maximum absolute atomic E-state index is 10.4. The summed E-state index contributed by atoms with van der Waals surface area (Å²) in [7, 11) is 2.66. The molecule has 1 atom stereocenters. The second-order valence-electron chi connectivity index (χ2n) is 5.76. The van der Waals surface area contributed by atoms with Crippen LogP contribution >= 0.6 is 0 Å². The molecule has 0 aromatic heterocycles. The summed E-state index contributed by atoms with van der Waals surface area (Å²) in [6.45, 7) is 2.76. The van der Waals surface area contributed by atoms with Gasteiger partial charge in [0.1, 0.15) is 12.4 Å². The van der Waals surface area contributed by atoms with Crippen molar-refractivity contribution in [1.29, 1.82) is 0 Å². The summed E-state index contributed by atoms with van der Waals surface area (Å²) in [5.41, 5.74) is 1.20. The third-order valence-electron chi connectivity index (χ3n) is 3.80. The van der Waals surface area contributed by atoms with E-state index in [2.05, 4.69) is 0 Å². The largest absolute Gasteiger partial charge is 0.493 e. The molecule has 1 N–H and O–H groups in total. The number of hydrogen-bond acceptors (Lipinski definition) is 4. The first kappa shape index (κ1) is 11.5. The molecule has 0 amide bonds. The summed E-state index contributed by atoms with van der Waals surface area (Å²) in [6, 6.07) is -0.956. The van der Waals surface area contributed by atoms with E-state index in [9.17, 15) is 5.11 Å². The average Bonchev–Trinajstić information content (AvgIpc) is 2.80. The molecule has 0 heterocycles. The highest BCUT2D eigenvalue weighted by Crippen LogP contribution is 2.28. The molecule has 1 unspecified atom stereocenters. The molecule has 0 saturated heterocycles. The highest BCUT2D eigenvalue weighted by atomic mass is 16.5. The van der Waals surface area contributed by atoms with Crippen LogP contribution in [-0.2, 0) is 6.42 Å². The van der Waals surface area contributed by atoms with Crippen molar-refractivity contribution in [3.8, 4) is 17.2 Å². The number of aliphatic hydroxyl groups excluding tert-OH is 1. The van der Waals surface area contributed by atoms with Crippen molar-refractivity contribution in [2.24, 2.45) is 0 Å². The molecule has 0 aliphatic carbocycles. The van der Waals surface area contributed by atoms with Gasteiger partial charge in [-0.25, -0.2) is 0 Å². The molecule has 0 aliphatic rings. The van der Waals surface area contributed by atoms with Crippen molar-refractivity contribution in [3.63, 3.8) is 0 Å². The molecule has 142 valence electrons. The number of rotatable bonds is 10. The topological polar surface area (TPSA) is 47.9 Å². The van der Waals surface area contributed by atoms with Gasteiger partial charge in [-0.1, -0.05) is 18.5 Å². The van der Waals surface area contributed by atoms with E-state index < -0.39 is 19.1 Å². The van der Waals surface area contributed by atoms with Crippen molar-refractivity contribution in [2.75, 3.05) is 20.8 Å². The predicted octanol–water partition coefficient (Wildman–Crippen LogP) is 4.47. The number of hydrogen-bond donors (Lipinski definition) is 1. The second-order valence-corrected chi connectivity index (χ2v) is 5.76. The Labute approximate surface area is 168 Å².